The molecule has 110 valence electrons. The number of hydrogen-bond acceptors (Lipinski definition) is 4. The van der Waals surface area contributed by atoms with Gasteiger partial charge in [0, 0.05) is 5.69 Å². The molecular formula is C14H12ClNO4S. The molecule has 0 aromatic heterocycles. The van der Waals surface area contributed by atoms with Crippen molar-refractivity contribution in [3.8, 4) is 0 Å². The predicted molar refractivity (Wildman–Crippen MR) is 80.0 cm³/mol. The number of methoxy groups -OCH3 is 1. The van der Waals surface area contributed by atoms with E-state index < -0.39 is 16.0 Å². The van der Waals surface area contributed by atoms with E-state index in [0.29, 0.717) is 0 Å². The summed E-state index contributed by atoms with van der Waals surface area (Å²) in [5.74, 6) is -0.638. The number of rotatable bonds is 4. The van der Waals surface area contributed by atoms with Gasteiger partial charge in [0.1, 0.15) is 0 Å². The van der Waals surface area contributed by atoms with Gasteiger partial charge in [-0.25, -0.2) is 13.2 Å². The summed E-state index contributed by atoms with van der Waals surface area (Å²) in [5.41, 5.74) is 0.316. The average Bonchev–Trinajstić information content (AvgIpc) is 2.49. The molecule has 2 aromatic carbocycles. The predicted octanol–water partition coefficient (Wildman–Crippen LogP) is 2.93. The third-order valence-corrected chi connectivity index (χ3v) is 4.40. The molecule has 0 amide bonds. The van der Waals surface area contributed by atoms with Crippen LogP contribution in [0.5, 0.6) is 0 Å². The van der Waals surface area contributed by atoms with E-state index >= 15 is 0 Å². The third-order valence-electron chi connectivity index (χ3n) is 2.68. The van der Waals surface area contributed by atoms with E-state index in [1.165, 1.54) is 37.4 Å². The van der Waals surface area contributed by atoms with Crippen LogP contribution >= 0.6 is 11.6 Å². The molecule has 0 aliphatic carbocycles. The zero-order valence-corrected chi connectivity index (χ0v) is 12.6. The highest BCUT2D eigenvalue weighted by molar-refractivity contribution is 7.92. The smallest absolute Gasteiger partial charge is 0.339 e. The number of sulfonamides is 1. The quantitative estimate of drug-likeness (QED) is 0.877. The van der Waals surface area contributed by atoms with Crippen molar-refractivity contribution in [3.05, 3.63) is 59.1 Å². The first-order chi connectivity index (χ1) is 9.94. The Kier molecular flexibility index (Phi) is 4.50. The minimum atomic E-state index is -3.72. The number of carbonyl (C=O) groups is 1. The fourth-order valence-corrected chi connectivity index (χ4v) is 2.93. The first-order valence-corrected chi connectivity index (χ1v) is 7.76. The molecule has 0 atom stereocenters. The lowest BCUT2D eigenvalue weighted by atomic mass is 10.2. The van der Waals surface area contributed by atoms with Crippen LogP contribution < -0.4 is 4.72 Å². The summed E-state index contributed by atoms with van der Waals surface area (Å²) >= 11 is 5.88. The molecule has 0 aliphatic rings. The molecule has 0 radical (unpaired) electrons. The molecule has 0 spiro atoms. The summed E-state index contributed by atoms with van der Waals surface area (Å²) < 4.78 is 31.3. The highest BCUT2D eigenvalue weighted by Crippen LogP contribution is 2.23. The Labute approximate surface area is 127 Å². The Morgan fingerprint density at radius 2 is 1.81 bits per heavy atom. The van der Waals surface area contributed by atoms with Crippen molar-refractivity contribution < 1.29 is 17.9 Å². The molecule has 0 saturated carbocycles. The number of hydrogen-bond donors (Lipinski definition) is 1. The van der Waals surface area contributed by atoms with Gasteiger partial charge in [-0.15, -0.1) is 0 Å². The molecule has 0 heterocycles. The average molecular weight is 326 g/mol. The first kappa shape index (κ1) is 15.3. The third kappa shape index (κ3) is 3.53. The van der Waals surface area contributed by atoms with Crippen LogP contribution in [0.25, 0.3) is 0 Å². The van der Waals surface area contributed by atoms with Crippen molar-refractivity contribution in [3.63, 3.8) is 0 Å². The topological polar surface area (TPSA) is 72.5 Å². The molecular weight excluding hydrogens is 314 g/mol. The van der Waals surface area contributed by atoms with Crippen molar-refractivity contribution in [2.75, 3.05) is 11.8 Å². The number of ether oxygens (including phenoxy) is 1. The van der Waals surface area contributed by atoms with Gasteiger partial charge in [0.15, 0.2) is 0 Å². The Hall–Kier alpha value is -2.05. The van der Waals surface area contributed by atoms with Crippen molar-refractivity contribution in [2.24, 2.45) is 0 Å². The van der Waals surface area contributed by atoms with E-state index in [0.717, 1.165) is 0 Å². The van der Waals surface area contributed by atoms with Crippen molar-refractivity contribution in [1.29, 1.82) is 0 Å². The lowest BCUT2D eigenvalue weighted by Crippen LogP contribution is -2.13. The number of esters is 1. The number of nitrogens with one attached hydrogen (secondary N) is 1. The minimum absolute atomic E-state index is 0.0902. The van der Waals surface area contributed by atoms with Gasteiger partial charge < -0.3 is 4.74 Å². The lowest BCUT2D eigenvalue weighted by molar-refractivity contribution is 0.0601. The van der Waals surface area contributed by atoms with Gasteiger partial charge in [0.05, 0.1) is 22.6 Å². The van der Waals surface area contributed by atoms with Crippen molar-refractivity contribution >= 4 is 33.3 Å². The van der Waals surface area contributed by atoms with E-state index in [1.807, 2.05) is 0 Å². The number of benzene rings is 2. The molecule has 5 nitrogen and oxygen atoms in total. The van der Waals surface area contributed by atoms with Crippen LogP contribution in [0.4, 0.5) is 5.69 Å². The van der Waals surface area contributed by atoms with Gasteiger partial charge in [-0.1, -0.05) is 29.8 Å². The van der Waals surface area contributed by atoms with Crippen LogP contribution in [-0.2, 0) is 14.8 Å². The fraction of sp³-hybridized carbons (Fsp3) is 0.0714. The first-order valence-electron chi connectivity index (χ1n) is 5.90. The zero-order chi connectivity index (χ0) is 15.5. The van der Waals surface area contributed by atoms with E-state index in [1.54, 1.807) is 18.2 Å². The molecule has 2 rings (SSSR count). The second-order valence-electron chi connectivity index (χ2n) is 4.10. The Balaban J connectivity index is 2.34. The maximum Gasteiger partial charge on any atom is 0.339 e. The van der Waals surface area contributed by atoms with Crippen LogP contribution in [0.15, 0.2) is 53.4 Å². The normalized spacial score (nSPS) is 11.0. The maximum atomic E-state index is 12.2. The number of anilines is 1. The largest absolute Gasteiger partial charge is 0.465 e. The van der Waals surface area contributed by atoms with Gasteiger partial charge in [-0.2, -0.15) is 0 Å². The van der Waals surface area contributed by atoms with Crippen LogP contribution in [0.2, 0.25) is 5.02 Å². The summed E-state index contributed by atoms with van der Waals surface area (Å²) in [6.45, 7) is 0. The summed E-state index contributed by atoms with van der Waals surface area (Å²) in [5, 5.41) is 0.185. The summed E-state index contributed by atoms with van der Waals surface area (Å²) in [6.07, 6.45) is 0. The van der Waals surface area contributed by atoms with Gasteiger partial charge >= 0.3 is 5.97 Å². The molecule has 0 bridgehead atoms. The summed E-state index contributed by atoms with van der Waals surface area (Å²) in [4.78, 5) is 11.7. The van der Waals surface area contributed by atoms with Crippen LogP contribution in [0, 0.1) is 0 Å². The van der Waals surface area contributed by atoms with Gasteiger partial charge in [-0.3, -0.25) is 4.72 Å². The molecule has 0 aliphatic heterocycles. The maximum absolute atomic E-state index is 12.2. The molecule has 21 heavy (non-hydrogen) atoms. The summed E-state index contributed by atoms with van der Waals surface area (Å²) in [7, 11) is -2.50. The van der Waals surface area contributed by atoms with Gasteiger partial charge in [0.25, 0.3) is 10.0 Å². The lowest BCUT2D eigenvalue weighted by Gasteiger charge is -2.10. The highest BCUT2D eigenvalue weighted by Gasteiger charge is 2.16. The molecule has 0 unspecified atom stereocenters. The Bertz CT molecular complexity index is 760. The second-order valence-corrected chi connectivity index (χ2v) is 6.19. The SMILES string of the molecule is COC(=O)c1cc(NS(=O)(=O)c2ccccc2)ccc1Cl. The monoisotopic (exact) mass is 325 g/mol. The fourth-order valence-electron chi connectivity index (χ4n) is 1.67. The number of halogens is 1. The van der Waals surface area contributed by atoms with Crippen LogP contribution in [-0.4, -0.2) is 21.5 Å². The summed E-state index contributed by atoms with van der Waals surface area (Å²) in [6, 6.07) is 12.1. The highest BCUT2D eigenvalue weighted by atomic mass is 35.5. The Morgan fingerprint density at radius 1 is 1.14 bits per heavy atom. The van der Waals surface area contributed by atoms with Crippen molar-refractivity contribution in [2.45, 2.75) is 4.90 Å². The van der Waals surface area contributed by atoms with Crippen LogP contribution in [0.3, 0.4) is 0 Å². The molecule has 0 saturated heterocycles. The minimum Gasteiger partial charge on any atom is -0.465 e. The van der Waals surface area contributed by atoms with Crippen LogP contribution in [0.1, 0.15) is 10.4 Å². The molecule has 1 N–H and O–H groups in total. The second kappa shape index (κ2) is 6.15. The van der Waals surface area contributed by atoms with E-state index in [4.69, 9.17) is 11.6 Å². The van der Waals surface area contributed by atoms with Gasteiger partial charge in [-0.05, 0) is 30.3 Å². The zero-order valence-electron chi connectivity index (χ0n) is 11.0. The van der Waals surface area contributed by atoms with E-state index in [-0.39, 0.29) is 21.2 Å². The molecule has 2 aromatic rings. The standard InChI is InChI=1S/C14H12ClNO4S/c1-20-14(17)12-9-10(7-8-13(12)15)16-21(18,19)11-5-3-2-4-6-11/h2-9,16H,1H3. The molecule has 0 fully saturated rings. The molecule has 7 heteroatoms. The van der Waals surface area contributed by atoms with Crippen molar-refractivity contribution in [1.82, 2.24) is 0 Å². The Morgan fingerprint density at radius 3 is 2.43 bits per heavy atom. The number of carbonyl (C=O) groups excluding carboxylic acids is 1. The van der Waals surface area contributed by atoms with E-state index in [2.05, 4.69) is 9.46 Å². The van der Waals surface area contributed by atoms with E-state index in [9.17, 15) is 13.2 Å². The van der Waals surface area contributed by atoms with Gasteiger partial charge in [0.2, 0.25) is 0 Å².